The molecule has 0 bridgehead atoms. The van der Waals surface area contributed by atoms with Crippen LogP contribution in [0.2, 0.25) is 15.1 Å². The fraction of sp³-hybridized carbons (Fsp3) is 0.143. The van der Waals surface area contributed by atoms with Crippen LogP contribution >= 0.6 is 34.8 Å². The van der Waals surface area contributed by atoms with Gasteiger partial charge in [-0.3, -0.25) is 0 Å². The molecule has 2 rings (SSSR count). The second kappa shape index (κ2) is 6.58. The first-order chi connectivity index (χ1) is 9.08. The fourth-order valence-corrected chi connectivity index (χ4v) is 2.39. The zero-order chi connectivity index (χ0) is 13.8. The molecule has 0 radical (unpaired) electrons. The summed E-state index contributed by atoms with van der Waals surface area (Å²) in [6.07, 6.45) is 0. The zero-order valence-electron chi connectivity index (χ0n) is 9.89. The fourth-order valence-electron chi connectivity index (χ4n) is 1.71. The number of hydrogen-bond donors (Lipinski definition) is 1. The Bertz CT molecular complexity index is 587. The van der Waals surface area contributed by atoms with Crippen molar-refractivity contribution < 1.29 is 4.39 Å². The topological polar surface area (TPSA) is 12.0 Å². The maximum Gasteiger partial charge on any atom is 0.123 e. The van der Waals surface area contributed by atoms with E-state index >= 15 is 0 Å². The summed E-state index contributed by atoms with van der Waals surface area (Å²) in [5, 5.41) is 4.63. The van der Waals surface area contributed by atoms with E-state index < -0.39 is 0 Å². The molecule has 5 heteroatoms. The molecule has 0 spiro atoms. The number of nitrogens with one attached hydrogen (secondary N) is 1. The average molecular weight is 319 g/mol. The first kappa shape index (κ1) is 14.6. The predicted molar refractivity (Wildman–Crippen MR) is 78.4 cm³/mol. The molecule has 19 heavy (non-hydrogen) atoms. The molecule has 0 aliphatic heterocycles. The zero-order valence-corrected chi connectivity index (χ0v) is 12.2. The molecule has 0 saturated heterocycles. The van der Waals surface area contributed by atoms with Crippen LogP contribution in [0.5, 0.6) is 0 Å². The lowest BCUT2D eigenvalue weighted by Gasteiger charge is -2.10. The highest BCUT2D eigenvalue weighted by atomic mass is 35.5. The maximum atomic E-state index is 13.0. The van der Waals surface area contributed by atoms with Gasteiger partial charge in [0.25, 0.3) is 0 Å². The Morgan fingerprint density at radius 1 is 0.947 bits per heavy atom. The SMILES string of the molecule is Fc1cccc(CNCc2c(Cl)ccc(Cl)c2Cl)c1. The quantitative estimate of drug-likeness (QED) is 0.776. The van der Waals surface area contributed by atoms with Crippen LogP contribution in [-0.2, 0) is 13.1 Å². The van der Waals surface area contributed by atoms with Crippen molar-refractivity contribution >= 4 is 34.8 Å². The van der Waals surface area contributed by atoms with Gasteiger partial charge in [-0.1, -0.05) is 46.9 Å². The Hall–Kier alpha value is -0.800. The Labute approximate surface area is 126 Å². The van der Waals surface area contributed by atoms with Crippen molar-refractivity contribution in [2.75, 3.05) is 0 Å². The predicted octanol–water partition coefficient (Wildman–Crippen LogP) is 5.08. The molecule has 2 aromatic rings. The molecule has 0 aliphatic carbocycles. The Morgan fingerprint density at radius 2 is 1.68 bits per heavy atom. The largest absolute Gasteiger partial charge is 0.309 e. The Kier molecular flexibility index (Phi) is 5.06. The van der Waals surface area contributed by atoms with Gasteiger partial charge in [-0.2, -0.15) is 0 Å². The molecule has 0 aliphatic rings. The molecular formula is C14H11Cl3FN. The molecule has 1 nitrogen and oxygen atoms in total. The number of hydrogen-bond acceptors (Lipinski definition) is 1. The van der Waals surface area contributed by atoms with E-state index in [1.807, 2.05) is 6.07 Å². The summed E-state index contributed by atoms with van der Waals surface area (Å²) in [4.78, 5) is 0. The molecule has 1 N–H and O–H groups in total. The van der Waals surface area contributed by atoms with E-state index in [2.05, 4.69) is 5.32 Å². The van der Waals surface area contributed by atoms with Crippen LogP contribution in [0.15, 0.2) is 36.4 Å². The molecule has 0 saturated carbocycles. The first-order valence-electron chi connectivity index (χ1n) is 5.65. The molecule has 0 heterocycles. The van der Waals surface area contributed by atoms with Crippen LogP contribution in [-0.4, -0.2) is 0 Å². The number of halogens is 4. The minimum atomic E-state index is -0.252. The van der Waals surface area contributed by atoms with E-state index in [0.717, 1.165) is 11.1 Å². The summed E-state index contributed by atoms with van der Waals surface area (Å²) in [6, 6.07) is 9.77. The smallest absolute Gasteiger partial charge is 0.123 e. The molecule has 2 aromatic carbocycles. The molecule has 100 valence electrons. The monoisotopic (exact) mass is 317 g/mol. The average Bonchev–Trinajstić information content (AvgIpc) is 2.38. The van der Waals surface area contributed by atoms with Gasteiger partial charge in [0, 0.05) is 23.7 Å². The van der Waals surface area contributed by atoms with Gasteiger partial charge in [0.2, 0.25) is 0 Å². The van der Waals surface area contributed by atoms with Crippen molar-refractivity contribution in [1.29, 1.82) is 0 Å². The van der Waals surface area contributed by atoms with Gasteiger partial charge in [0.1, 0.15) is 5.82 Å². The second-order valence-electron chi connectivity index (χ2n) is 4.06. The summed E-state index contributed by atoms with van der Waals surface area (Å²) in [6.45, 7) is 0.992. The van der Waals surface area contributed by atoms with Crippen molar-refractivity contribution in [1.82, 2.24) is 5.32 Å². The van der Waals surface area contributed by atoms with Crippen LogP contribution in [0.25, 0.3) is 0 Å². The van der Waals surface area contributed by atoms with Crippen LogP contribution < -0.4 is 5.32 Å². The normalized spacial score (nSPS) is 10.7. The van der Waals surface area contributed by atoms with Gasteiger partial charge < -0.3 is 5.32 Å². The van der Waals surface area contributed by atoms with Crippen LogP contribution in [0.1, 0.15) is 11.1 Å². The van der Waals surface area contributed by atoms with Crippen LogP contribution in [0.3, 0.4) is 0 Å². The summed E-state index contributed by atoms with van der Waals surface area (Å²) in [5.74, 6) is -0.252. The summed E-state index contributed by atoms with van der Waals surface area (Å²) < 4.78 is 13.0. The number of benzene rings is 2. The maximum absolute atomic E-state index is 13.0. The lowest BCUT2D eigenvalue weighted by atomic mass is 10.2. The van der Waals surface area contributed by atoms with Crippen molar-refractivity contribution in [3.05, 3.63) is 68.4 Å². The molecule has 0 atom stereocenters. The van der Waals surface area contributed by atoms with E-state index in [4.69, 9.17) is 34.8 Å². The number of rotatable bonds is 4. The summed E-state index contributed by atoms with van der Waals surface area (Å²) in [5.41, 5.74) is 1.60. The molecular weight excluding hydrogens is 308 g/mol. The highest BCUT2D eigenvalue weighted by Crippen LogP contribution is 2.31. The van der Waals surface area contributed by atoms with Crippen molar-refractivity contribution in [3.8, 4) is 0 Å². The van der Waals surface area contributed by atoms with Gasteiger partial charge in [-0.05, 0) is 29.8 Å². The summed E-state index contributed by atoms with van der Waals surface area (Å²) in [7, 11) is 0. The third kappa shape index (κ3) is 3.83. The van der Waals surface area contributed by atoms with E-state index in [0.29, 0.717) is 28.2 Å². The molecule has 0 aromatic heterocycles. The van der Waals surface area contributed by atoms with Gasteiger partial charge in [-0.15, -0.1) is 0 Å². The van der Waals surface area contributed by atoms with Crippen molar-refractivity contribution in [2.45, 2.75) is 13.1 Å². The standard InChI is InChI=1S/C14H11Cl3FN/c15-12-4-5-13(16)14(17)11(12)8-19-7-9-2-1-3-10(18)6-9/h1-6,19H,7-8H2. The third-order valence-corrected chi connectivity index (χ3v) is 3.86. The lowest BCUT2D eigenvalue weighted by Crippen LogP contribution is -2.13. The van der Waals surface area contributed by atoms with Crippen molar-refractivity contribution in [3.63, 3.8) is 0 Å². The minimum Gasteiger partial charge on any atom is -0.309 e. The van der Waals surface area contributed by atoms with Gasteiger partial charge in [-0.25, -0.2) is 4.39 Å². The Morgan fingerprint density at radius 3 is 2.42 bits per heavy atom. The highest BCUT2D eigenvalue weighted by Gasteiger charge is 2.09. The summed E-state index contributed by atoms with van der Waals surface area (Å²) >= 11 is 18.1. The Balaban J connectivity index is 2.02. The third-order valence-electron chi connectivity index (χ3n) is 2.66. The molecule has 0 fully saturated rings. The van der Waals surface area contributed by atoms with E-state index in [9.17, 15) is 4.39 Å². The second-order valence-corrected chi connectivity index (χ2v) is 5.25. The van der Waals surface area contributed by atoms with E-state index in [1.54, 1.807) is 18.2 Å². The van der Waals surface area contributed by atoms with Crippen LogP contribution in [0, 0.1) is 5.82 Å². The van der Waals surface area contributed by atoms with Crippen molar-refractivity contribution in [2.24, 2.45) is 0 Å². The highest BCUT2D eigenvalue weighted by molar-refractivity contribution is 6.44. The minimum absolute atomic E-state index is 0.252. The van der Waals surface area contributed by atoms with E-state index in [-0.39, 0.29) is 5.82 Å². The first-order valence-corrected chi connectivity index (χ1v) is 6.79. The van der Waals surface area contributed by atoms with Gasteiger partial charge in [0.15, 0.2) is 0 Å². The lowest BCUT2D eigenvalue weighted by molar-refractivity contribution is 0.620. The molecule has 0 amide bonds. The van der Waals surface area contributed by atoms with Gasteiger partial charge >= 0.3 is 0 Å². The van der Waals surface area contributed by atoms with Crippen LogP contribution in [0.4, 0.5) is 4.39 Å². The molecule has 0 unspecified atom stereocenters. The van der Waals surface area contributed by atoms with Gasteiger partial charge in [0.05, 0.1) is 10.0 Å². The van der Waals surface area contributed by atoms with E-state index in [1.165, 1.54) is 12.1 Å².